The van der Waals surface area contributed by atoms with Crippen molar-refractivity contribution in [3.8, 4) is 5.75 Å². The molecule has 0 aliphatic carbocycles. The number of ketones is 1. The zero-order chi connectivity index (χ0) is 16.1. The molecule has 2 rings (SSSR count). The first-order valence-electron chi connectivity index (χ1n) is 7.18. The van der Waals surface area contributed by atoms with Gasteiger partial charge in [-0.3, -0.25) is 14.4 Å². The van der Waals surface area contributed by atoms with Crippen LogP contribution in [0.4, 0.5) is 0 Å². The van der Waals surface area contributed by atoms with E-state index >= 15 is 0 Å². The van der Waals surface area contributed by atoms with Crippen LogP contribution >= 0.6 is 0 Å². The van der Waals surface area contributed by atoms with Gasteiger partial charge in [0, 0.05) is 19.5 Å². The van der Waals surface area contributed by atoms with Crippen LogP contribution in [0.15, 0.2) is 24.3 Å². The normalized spacial score (nSPS) is 18.3. The molecule has 22 heavy (non-hydrogen) atoms. The summed E-state index contributed by atoms with van der Waals surface area (Å²) >= 11 is 0. The molecule has 0 aromatic heterocycles. The van der Waals surface area contributed by atoms with Gasteiger partial charge in [-0.15, -0.1) is 0 Å². The summed E-state index contributed by atoms with van der Waals surface area (Å²) in [5.74, 6) is -2.18. The third-order valence-corrected chi connectivity index (χ3v) is 3.56. The fraction of sp³-hybridized carbons (Fsp3) is 0.438. The van der Waals surface area contributed by atoms with Gasteiger partial charge in [-0.2, -0.15) is 0 Å². The lowest BCUT2D eigenvalue weighted by atomic mass is 9.95. The van der Waals surface area contributed by atoms with Gasteiger partial charge >= 0.3 is 5.97 Å². The number of carbonyl (C=O) groups excluding carboxylic acids is 3. The summed E-state index contributed by atoms with van der Waals surface area (Å²) in [5, 5.41) is 0. The summed E-state index contributed by atoms with van der Waals surface area (Å²) in [6, 6.07) is 7.30. The van der Waals surface area contributed by atoms with Crippen LogP contribution in [0.3, 0.4) is 0 Å². The van der Waals surface area contributed by atoms with Gasteiger partial charge in [0.25, 0.3) is 0 Å². The smallest absolute Gasteiger partial charge is 0.326 e. The monoisotopic (exact) mass is 305 g/mol. The highest BCUT2D eigenvalue weighted by molar-refractivity contribution is 6.17. The Balaban J connectivity index is 2.09. The second-order valence-electron chi connectivity index (χ2n) is 5.01. The lowest BCUT2D eigenvalue weighted by Crippen LogP contribution is -2.49. The number of ether oxygens (including phenoxy) is 2. The average Bonchev–Trinajstić information content (AvgIpc) is 2.51. The molecule has 1 fully saturated rings. The second kappa shape index (κ2) is 7.06. The average molecular weight is 305 g/mol. The van der Waals surface area contributed by atoms with Crippen molar-refractivity contribution in [3.05, 3.63) is 29.8 Å². The van der Waals surface area contributed by atoms with E-state index in [2.05, 4.69) is 0 Å². The summed E-state index contributed by atoms with van der Waals surface area (Å²) in [4.78, 5) is 37.5. The molecule has 0 N–H and O–H groups in total. The standard InChI is InChI=1S/C16H19NO5/c1-3-22-16(20)14-13(18)8-9-17(15(14)19)10-11-4-6-12(21-2)7-5-11/h4-7,14H,3,8-10H2,1-2H3. The molecule has 0 spiro atoms. The lowest BCUT2D eigenvalue weighted by Gasteiger charge is -2.30. The number of esters is 1. The zero-order valence-corrected chi connectivity index (χ0v) is 12.7. The maximum atomic E-state index is 12.4. The molecule has 1 heterocycles. The van der Waals surface area contributed by atoms with Crippen molar-refractivity contribution in [2.75, 3.05) is 20.3 Å². The molecule has 1 aromatic carbocycles. The summed E-state index contributed by atoms with van der Waals surface area (Å²) in [7, 11) is 1.58. The Morgan fingerprint density at radius 2 is 1.95 bits per heavy atom. The first-order chi connectivity index (χ1) is 10.6. The van der Waals surface area contributed by atoms with Crippen LogP contribution < -0.4 is 4.74 Å². The van der Waals surface area contributed by atoms with E-state index in [0.29, 0.717) is 13.1 Å². The first-order valence-corrected chi connectivity index (χ1v) is 7.18. The summed E-state index contributed by atoms with van der Waals surface area (Å²) < 4.78 is 9.91. The number of carbonyl (C=O) groups is 3. The highest BCUT2D eigenvalue weighted by atomic mass is 16.5. The van der Waals surface area contributed by atoms with Crippen molar-refractivity contribution >= 4 is 17.7 Å². The number of amides is 1. The molecule has 0 saturated carbocycles. The predicted octanol–water partition coefficient (Wildman–Crippen LogP) is 1.18. The van der Waals surface area contributed by atoms with E-state index in [0.717, 1.165) is 11.3 Å². The molecular formula is C16H19NO5. The molecule has 118 valence electrons. The van der Waals surface area contributed by atoms with Crippen LogP contribution in [0.5, 0.6) is 5.75 Å². The van der Waals surface area contributed by atoms with Crippen LogP contribution in [0.25, 0.3) is 0 Å². The highest BCUT2D eigenvalue weighted by Gasteiger charge is 2.41. The van der Waals surface area contributed by atoms with E-state index in [9.17, 15) is 14.4 Å². The summed E-state index contributed by atoms with van der Waals surface area (Å²) in [6.07, 6.45) is 0.172. The van der Waals surface area contributed by atoms with Gasteiger partial charge in [0.15, 0.2) is 11.7 Å². The minimum Gasteiger partial charge on any atom is -0.497 e. The van der Waals surface area contributed by atoms with Crippen molar-refractivity contribution in [2.24, 2.45) is 5.92 Å². The van der Waals surface area contributed by atoms with Crippen LogP contribution in [0.2, 0.25) is 0 Å². The number of methoxy groups -OCH3 is 1. The summed E-state index contributed by atoms with van der Waals surface area (Å²) in [6.45, 7) is 2.46. The fourth-order valence-corrected chi connectivity index (χ4v) is 2.39. The molecule has 1 amide bonds. The molecule has 0 bridgehead atoms. The number of nitrogens with zero attached hydrogens (tertiary/aromatic N) is 1. The third kappa shape index (κ3) is 3.44. The van der Waals surface area contributed by atoms with Gasteiger partial charge in [-0.25, -0.2) is 0 Å². The Bertz CT molecular complexity index is 566. The Kier molecular flexibility index (Phi) is 5.14. The minimum absolute atomic E-state index is 0.147. The lowest BCUT2D eigenvalue weighted by molar-refractivity contribution is -0.161. The van der Waals surface area contributed by atoms with Crippen LogP contribution in [0.1, 0.15) is 18.9 Å². The number of hydrogen-bond donors (Lipinski definition) is 0. The molecule has 1 saturated heterocycles. The first kappa shape index (κ1) is 16.0. The van der Waals surface area contributed by atoms with Crippen LogP contribution in [0, 0.1) is 5.92 Å². The molecule has 6 nitrogen and oxygen atoms in total. The van der Waals surface area contributed by atoms with E-state index in [1.54, 1.807) is 26.2 Å². The molecule has 1 unspecified atom stereocenters. The predicted molar refractivity (Wildman–Crippen MR) is 78.2 cm³/mol. The van der Waals surface area contributed by atoms with E-state index in [1.165, 1.54) is 4.90 Å². The van der Waals surface area contributed by atoms with Crippen molar-refractivity contribution in [1.82, 2.24) is 4.90 Å². The number of Topliss-reactive ketones (excluding diaryl/α,β-unsaturated/α-hetero) is 1. The topological polar surface area (TPSA) is 72.9 Å². The van der Waals surface area contributed by atoms with E-state index < -0.39 is 17.8 Å². The quantitative estimate of drug-likeness (QED) is 0.603. The number of rotatable bonds is 5. The van der Waals surface area contributed by atoms with Gasteiger partial charge in [0.1, 0.15) is 5.75 Å². The number of hydrogen-bond acceptors (Lipinski definition) is 5. The third-order valence-electron chi connectivity index (χ3n) is 3.56. The van der Waals surface area contributed by atoms with E-state index in [-0.39, 0.29) is 18.8 Å². The van der Waals surface area contributed by atoms with Gasteiger partial charge < -0.3 is 14.4 Å². The van der Waals surface area contributed by atoms with E-state index in [1.807, 2.05) is 12.1 Å². The van der Waals surface area contributed by atoms with Crippen molar-refractivity contribution < 1.29 is 23.9 Å². The number of likely N-dealkylation sites (tertiary alicyclic amines) is 1. The van der Waals surface area contributed by atoms with Gasteiger partial charge in [0.05, 0.1) is 13.7 Å². The SMILES string of the molecule is CCOC(=O)C1C(=O)CCN(Cc2ccc(OC)cc2)C1=O. The Labute approximate surface area is 129 Å². The number of benzene rings is 1. The Morgan fingerprint density at radius 1 is 1.27 bits per heavy atom. The fourth-order valence-electron chi connectivity index (χ4n) is 2.39. The van der Waals surface area contributed by atoms with Crippen molar-refractivity contribution in [1.29, 1.82) is 0 Å². The van der Waals surface area contributed by atoms with Gasteiger partial charge in [-0.1, -0.05) is 12.1 Å². The molecule has 1 aliphatic rings. The largest absolute Gasteiger partial charge is 0.497 e. The molecule has 6 heteroatoms. The molecule has 1 aliphatic heterocycles. The van der Waals surface area contributed by atoms with Crippen LogP contribution in [-0.4, -0.2) is 42.8 Å². The summed E-state index contributed by atoms with van der Waals surface area (Å²) in [5.41, 5.74) is 0.908. The van der Waals surface area contributed by atoms with Crippen molar-refractivity contribution in [2.45, 2.75) is 19.9 Å². The maximum absolute atomic E-state index is 12.4. The molecule has 1 atom stereocenters. The minimum atomic E-state index is -1.31. The zero-order valence-electron chi connectivity index (χ0n) is 12.7. The van der Waals surface area contributed by atoms with Gasteiger partial charge in [0.2, 0.25) is 5.91 Å². The highest BCUT2D eigenvalue weighted by Crippen LogP contribution is 2.20. The van der Waals surface area contributed by atoms with Gasteiger partial charge in [-0.05, 0) is 24.6 Å². The van der Waals surface area contributed by atoms with E-state index in [4.69, 9.17) is 9.47 Å². The molecule has 1 aromatic rings. The second-order valence-corrected chi connectivity index (χ2v) is 5.01. The molecule has 0 radical (unpaired) electrons. The maximum Gasteiger partial charge on any atom is 0.326 e. The van der Waals surface area contributed by atoms with Crippen LogP contribution in [-0.2, 0) is 25.7 Å². The Morgan fingerprint density at radius 3 is 2.55 bits per heavy atom. The molecular weight excluding hydrogens is 286 g/mol. The van der Waals surface area contributed by atoms with Crippen molar-refractivity contribution in [3.63, 3.8) is 0 Å². The Hall–Kier alpha value is -2.37. The number of piperidine rings is 1.